The van der Waals surface area contributed by atoms with Crippen molar-refractivity contribution < 1.29 is 42.2 Å². The molecule has 4 heterocycles. The van der Waals surface area contributed by atoms with Gasteiger partial charge in [-0.2, -0.15) is 9.97 Å². The second kappa shape index (κ2) is 9.96. The molecule has 3 N–H and O–H groups in total. The third-order valence-electron chi connectivity index (χ3n) is 5.44. The SMILES string of the molecule is CCOc1nc(N)nc2c1ncn2C1OC2COP(=O)(OCCCC(=O)OC(C)C)OC2C1(C)O. The molecular weight excluding hydrogens is 485 g/mol. The van der Waals surface area contributed by atoms with Crippen molar-refractivity contribution in [2.45, 2.75) is 70.7 Å². The van der Waals surface area contributed by atoms with E-state index in [2.05, 4.69) is 15.0 Å². The normalized spacial score (nSPS) is 30.5. The lowest BCUT2D eigenvalue weighted by atomic mass is 9.96. The number of anilines is 1. The lowest BCUT2D eigenvalue weighted by Crippen LogP contribution is -2.47. The number of carbonyl (C=O) groups excluding carboxylic acids is 1. The number of aromatic nitrogens is 4. The summed E-state index contributed by atoms with van der Waals surface area (Å²) in [4.78, 5) is 24.2. The number of nitrogens with two attached hydrogens (primary N) is 1. The second-order valence-corrected chi connectivity index (χ2v) is 10.3. The topological polar surface area (TPSA) is 179 Å². The predicted molar refractivity (Wildman–Crippen MR) is 120 cm³/mol. The van der Waals surface area contributed by atoms with E-state index in [-0.39, 0.29) is 50.0 Å². The highest BCUT2D eigenvalue weighted by Crippen LogP contribution is 2.58. The Morgan fingerprint density at radius 2 is 2.20 bits per heavy atom. The molecule has 2 aromatic heterocycles. The Kier molecular flexibility index (Phi) is 7.32. The van der Waals surface area contributed by atoms with Crippen molar-refractivity contribution >= 4 is 30.9 Å². The fourth-order valence-electron chi connectivity index (χ4n) is 3.97. The summed E-state index contributed by atoms with van der Waals surface area (Å²) in [6, 6.07) is 0. The van der Waals surface area contributed by atoms with E-state index in [0.29, 0.717) is 17.8 Å². The van der Waals surface area contributed by atoms with Crippen LogP contribution in [0.1, 0.15) is 46.8 Å². The molecule has 0 radical (unpaired) electrons. The number of carbonyl (C=O) groups is 1. The zero-order valence-electron chi connectivity index (χ0n) is 19.9. The van der Waals surface area contributed by atoms with E-state index in [1.54, 1.807) is 20.8 Å². The maximum atomic E-state index is 13.0. The van der Waals surface area contributed by atoms with Crippen molar-refractivity contribution in [1.29, 1.82) is 0 Å². The number of esters is 1. The van der Waals surface area contributed by atoms with Gasteiger partial charge in [-0.05, 0) is 34.1 Å². The first kappa shape index (κ1) is 25.7. The molecule has 2 saturated heterocycles. The van der Waals surface area contributed by atoms with Gasteiger partial charge in [0, 0.05) is 6.42 Å². The molecule has 2 aliphatic heterocycles. The monoisotopic (exact) mass is 515 g/mol. The third kappa shape index (κ3) is 5.27. The summed E-state index contributed by atoms with van der Waals surface area (Å²) in [6.45, 7) is 6.93. The first-order valence-corrected chi connectivity index (χ1v) is 12.8. The smallest absolute Gasteiger partial charge is 0.475 e. The van der Waals surface area contributed by atoms with Gasteiger partial charge in [-0.3, -0.25) is 22.9 Å². The van der Waals surface area contributed by atoms with Crippen LogP contribution < -0.4 is 10.5 Å². The molecule has 35 heavy (non-hydrogen) atoms. The predicted octanol–water partition coefficient (Wildman–Crippen LogP) is 1.73. The molecule has 5 unspecified atom stereocenters. The van der Waals surface area contributed by atoms with Crippen molar-refractivity contribution in [2.24, 2.45) is 0 Å². The average molecular weight is 515 g/mol. The van der Waals surface area contributed by atoms with Crippen LogP contribution in [0.5, 0.6) is 5.88 Å². The Bertz CT molecular complexity index is 1120. The molecule has 2 fully saturated rings. The summed E-state index contributed by atoms with van der Waals surface area (Å²) in [7, 11) is -4.01. The molecule has 4 rings (SSSR count). The van der Waals surface area contributed by atoms with E-state index in [4.69, 9.17) is 33.5 Å². The summed E-state index contributed by atoms with van der Waals surface area (Å²) < 4.78 is 47.4. The fraction of sp³-hybridized carbons (Fsp3) is 0.700. The Balaban J connectivity index is 1.47. The van der Waals surface area contributed by atoms with Gasteiger partial charge >= 0.3 is 13.8 Å². The van der Waals surface area contributed by atoms with Crippen molar-refractivity contribution in [1.82, 2.24) is 19.5 Å². The minimum Gasteiger partial charge on any atom is -0.476 e. The van der Waals surface area contributed by atoms with Crippen molar-refractivity contribution in [3.05, 3.63) is 6.33 Å². The molecule has 0 saturated carbocycles. The molecule has 5 atom stereocenters. The Morgan fingerprint density at radius 3 is 2.91 bits per heavy atom. The number of fused-ring (bicyclic) bond motifs is 2. The van der Waals surface area contributed by atoms with Gasteiger partial charge in [-0.25, -0.2) is 9.55 Å². The highest BCUT2D eigenvalue weighted by atomic mass is 31.2. The lowest BCUT2D eigenvalue weighted by Gasteiger charge is -2.35. The van der Waals surface area contributed by atoms with Gasteiger partial charge in [0.2, 0.25) is 11.8 Å². The van der Waals surface area contributed by atoms with Crippen LogP contribution >= 0.6 is 7.82 Å². The van der Waals surface area contributed by atoms with Crippen LogP contribution in [-0.2, 0) is 32.4 Å². The number of imidazole rings is 1. The van der Waals surface area contributed by atoms with Crippen LogP contribution in [0.3, 0.4) is 0 Å². The van der Waals surface area contributed by atoms with Gasteiger partial charge in [0.05, 0.1) is 32.3 Å². The van der Waals surface area contributed by atoms with Crippen molar-refractivity contribution in [2.75, 3.05) is 25.6 Å². The Labute approximate surface area is 201 Å². The maximum absolute atomic E-state index is 13.0. The molecule has 0 amide bonds. The third-order valence-corrected chi connectivity index (χ3v) is 6.89. The number of nitrogens with zero attached hydrogens (tertiary/aromatic N) is 4. The van der Waals surface area contributed by atoms with Crippen molar-refractivity contribution in [3.63, 3.8) is 0 Å². The van der Waals surface area contributed by atoms with Gasteiger partial charge in [-0.1, -0.05) is 0 Å². The minimum absolute atomic E-state index is 0.0347. The molecule has 2 aromatic rings. The first-order valence-electron chi connectivity index (χ1n) is 11.3. The van der Waals surface area contributed by atoms with E-state index >= 15 is 0 Å². The van der Waals surface area contributed by atoms with Crippen molar-refractivity contribution in [3.8, 4) is 5.88 Å². The van der Waals surface area contributed by atoms with Gasteiger partial charge < -0.3 is 25.1 Å². The number of phosphoric acid groups is 1. The number of rotatable bonds is 9. The number of hydrogen-bond donors (Lipinski definition) is 2. The van der Waals surface area contributed by atoms with Gasteiger partial charge in [0.25, 0.3) is 0 Å². The van der Waals surface area contributed by atoms with Crippen LogP contribution in [0.2, 0.25) is 0 Å². The lowest BCUT2D eigenvalue weighted by molar-refractivity contribution is -0.147. The maximum Gasteiger partial charge on any atom is 0.475 e. The molecule has 15 heteroatoms. The van der Waals surface area contributed by atoms with Crippen LogP contribution in [0, 0.1) is 0 Å². The summed E-state index contributed by atoms with van der Waals surface area (Å²) >= 11 is 0. The molecule has 0 aromatic carbocycles. The fourth-order valence-corrected chi connectivity index (χ4v) is 5.48. The minimum atomic E-state index is -4.01. The quantitative estimate of drug-likeness (QED) is 0.280. The number of ether oxygens (including phenoxy) is 3. The summed E-state index contributed by atoms with van der Waals surface area (Å²) in [5.41, 5.74) is 4.79. The van der Waals surface area contributed by atoms with Gasteiger partial charge in [-0.15, -0.1) is 0 Å². The number of nitrogen functional groups attached to an aromatic ring is 1. The molecule has 14 nitrogen and oxygen atoms in total. The van der Waals surface area contributed by atoms with E-state index < -0.39 is 31.9 Å². The largest absolute Gasteiger partial charge is 0.476 e. The van der Waals surface area contributed by atoms with Gasteiger partial charge in [0.1, 0.15) is 17.8 Å². The molecule has 194 valence electrons. The molecule has 0 spiro atoms. The zero-order valence-corrected chi connectivity index (χ0v) is 20.8. The highest BCUT2D eigenvalue weighted by Gasteiger charge is 2.60. The average Bonchev–Trinajstić information content (AvgIpc) is 3.29. The highest BCUT2D eigenvalue weighted by molar-refractivity contribution is 7.48. The summed E-state index contributed by atoms with van der Waals surface area (Å²) in [5, 5.41) is 11.4. The zero-order chi connectivity index (χ0) is 25.4. The molecule has 0 aliphatic carbocycles. The standard InChI is InChI=1S/C20H30N5O9P/c1-5-29-17-14-16(23-19(21)24-17)25(10-22-14)18-20(4,27)15-12(33-18)9-31-35(28,34-15)30-8-6-7-13(26)32-11(2)3/h10-12,15,18,27H,5-9H2,1-4H3,(H2,21,23,24). The first-order chi connectivity index (χ1) is 16.5. The summed E-state index contributed by atoms with van der Waals surface area (Å²) in [6.07, 6.45) is -1.25. The van der Waals surface area contributed by atoms with E-state index in [0.717, 1.165) is 0 Å². The number of hydrogen-bond acceptors (Lipinski definition) is 13. The van der Waals surface area contributed by atoms with E-state index in [1.807, 2.05) is 0 Å². The molecule has 0 bridgehead atoms. The van der Waals surface area contributed by atoms with Crippen LogP contribution in [0.25, 0.3) is 11.2 Å². The van der Waals surface area contributed by atoms with Crippen LogP contribution in [-0.4, -0.2) is 74.3 Å². The second-order valence-electron chi connectivity index (χ2n) is 8.64. The van der Waals surface area contributed by atoms with Gasteiger partial charge in [0.15, 0.2) is 17.4 Å². The van der Waals surface area contributed by atoms with Crippen LogP contribution in [0.4, 0.5) is 5.95 Å². The van der Waals surface area contributed by atoms with E-state index in [1.165, 1.54) is 17.8 Å². The number of phosphoric ester groups is 1. The van der Waals surface area contributed by atoms with E-state index in [9.17, 15) is 14.5 Å². The summed E-state index contributed by atoms with van der Waals surface area (Å²) in [5.74, 6) is -0.210. The Morgan fingerprint density at radius 1 is 1.43 bits per heavy atom. The molecular formula is C20H30N5O9P. The van der Waals surface area contributed by atoms with Crippen LogP contribution in [0.15, 0.2) is 6.33 Å². The number of aliphatic hydroxyl groups is 1. The molecule has 2 aliphatic rings. The Hall–Kier alpha value is -2.35.